The molecule has 0 aromatic carbocycles. The van der Waals surface area contributed by atoms with Crippen LogP contribution in [0.5, 0.6) is 0 Å². The standard InChI is InChI=1S/C11H21N3O2/c1-8(2)11-13-12-10(16-11)7-14(4)6-5-9(3)15/h8-9,15H,5-7H2,1-4H3/t9-/m0/s1. The summed E-state index contributed by atoms with van der Waals surface area (Å²) in [4.78, 5) is 2.06. The first-order valence-corrected chi connectivity index (χ1v) is 5.68. The van der Waals surface area contributed by atoms with Crippen molar-refractivity contribution >= 4 is 0 Å². The summed E-state index contributed by atoms with van der Waals surface area (Å²) in [5, 5.41) is 17.1. The fourth-order valence-electron chi connectivity index (χ4n) is 1.28. The van der Waals surface area contributed by atoms with Gasteiger partial charge in [-0.05, 0) is 20.4 Å². The lowest BCUT2D eigenvalue weighted by atomic mass is 10.2. The molecule has 0 saturated carbocycles. The minimum absolute atomic E-state index is 0.267. The number of hydrogen-bond acceptors (Lipinski definition) is 5. The second kappa shape index (κ2) is 5.96. The van der Waals surface area contributed by atoms with Crippen LogP contribution in [0.15, 0.2) is 4.42 Å². The zero-order valence-corrected chi connectivity index (χ0v) is 10.5. The number of nitrogens with zero attached hydrogens (tertiary/aromatic N) is 3. The summed E-state index contributed by atoms with van der Waals surface area (Å²) in [5.74, 6) is 1.58. The van der Waals surface area contributed by atoms with Crippen molar-refractivity contribution in [1.82, 2.24) is 15.1 Å². The third-order valence-electron chi connectivity index (χ3n) is 2.31. The lowest BCUT2D eigenvalue weighted by molar-refractivity contribution is 0.159. The molecule has 0 aliphatic rings. The van der Waals surface area contributed by atoms with Gasteiger partial charge in [0, 0.05) is 12.5 Å². The highest BCUT2D eigenvalue weighted by molar-refractivity contribution is 4.86. The summed E-state index contributed by atoms with van der Waals surface area (Å²) in [6.45, 7) is 7.28. The number of aliphatic hydroxyl groups excluding tert-OH is 1. The summed E-state index contributed by atoms with van der Waals surface area (Å²) >= 11 is 0. The van der Waals surface area contributed by atoms with Crippen LogP contribution in [-0.2, 0) is 6.54 Å². The Kier molecular flexibility index (Phi) is 4.89. The van der Waals surface area contributed by atoms with Crippen LogP contribution in [0.4, 0.5) is 0 Å². The van der Waals surface area contributed by atoms with Gasteiger partial charge < -0.3 is 9.52 Å². The molecule has 5 nitrogen and oxygen atoms in total. The fraction of sp³-hybridized carbons (Fsp3) is 0.818. The minimum Gasteiger partial charge on any atom is -0.424 e. The van der Waals surface area contributed by atoms with E-state index >= 15 is 0 Å². The zero-order valence-electron chi connectivity index (χ0n) is 10.5. The van der Waals surface area contributed by atoms with Crippen molar-refractivity contribution in [1.29, 1.82) is 0 Å². The van der Waals surface area contributed by atoms with Gasteiger partial charge in [0.1, 0.15) is 0 Å². The van der Waals surface area contributed by atoms with Crippen LogP contribution >= 0.6 is 0 Å². The lowest BCUT2D eigenvalue weighted by Crippen LogP contribution is -2.22. The Balaban J connectivity index is 2.40. The van der Waals surface area contributed by atoms with E-state index in [4.69, 9.17) is 9.52 Å². The molecule has 1 rings (SSSR count). The Hall–Kier alpha value is -0.940. The maximum Gasteiger partial charge on any atom is 0.230 e. The predicted octanol–water partition coefficient (Wildman–Crippen LogP) is 1.40. The third-order valence-corrected chi connectivity index (χ3v) is 2.31. The Labute approximate surface area is 96.5 Å². The van der Waals surface area contributed by atoms with E-state index in [1.807, 2.05) is 20.9 Å². The molecule has 92 valence electrons. The fourth-order valence-corrected chi connectivity index (χ4v) is 1.28. The number of aromatic nitrogens is 2. The summed E-state index contributed by atoms with van der Waals surface area (Å²) < 4.78 is 5.50. The zero-order chi connectivity index (χ0) is 12.1. The van der Waals surface area contributed by atoms with Gasteiger partial charge in [0.05, 0.1) is 12.6 Å². The van der Waals surface area contributed by atoms with Gasteiger partial charge in [-0.1, -0.05) is 13.8 Å². The van der Waals surface area contributed by atoms with Crippen molar-refractivity contribution in [3.63, 3.8) is 0 Å². The first kappa shape index (κ1) is 13.1. The van der Waals surface area contributed by atoms with E-state index in [-0.39, 0.29) is 12.0 Å². The van der Waals surface area contributed by atoms with Crippen LogP contribution in [0.3, 0.4) is 0 Å². The van der Waals surface area contributed by atoms with E-state index in [9.17, 15) is 0 Å². The molecule has 0 fully saturated rings. The Morgan fingerprint density at radius 3 is 2.50 bits per heavy atom. The molecule has 5 heteroatoms. The van der Waals surface area contributed by atoms with Gasteiger partial charge in [-0.3, -0.25) is 4.90 Å². The maximum atomic E-state index is 9.17. The second-order valence-corrected chi connectivity index (χ2v) is 4.56. The van der Waals surface area contributed by atoms with Crippen molar-refractivity contribution in [2.24, 2.45) is 0 Å². The van der Waals surface area contributed by atoms with Crippen LogP contribution < -0.4 is 0 Å². The average molecular weight is 227 g/mol. The molecule has 1 N–H and O–H groups in total. The highest BCUT2D eigenvalue weighted by Gasteiger charge is 2.11. The first-order chi connectivity index (χ1) is 7.49. The van der Waals surface area contributed by atoms with Crippen molar-refractivity contribution in [3.8, 4) is 0 Å². The highest BCUT2D eigenvalue weighted by atomic mass is 16.4. The summed E-state index contributed by atoms with van der Waals surface area (Å²) in [6, 6.07) is 0. The number of hydrogen-bond donors (Lipinski definition) is 1. The Morgan fingerprint density at radius 2 is 2.00 bits per heavy atom. The molecule has 0 bridgehead atoms. The molecule has 1 atom stereocenters. The number of aliphatic hydroxyl groups is 1. The van der Waals surface area contributed by atoms with Gasteiger partial charge in [-0.15, -0.1) is 10.2 Å². The van der Waals surface area contributed by atoms with Gasteiger partial charge in [-0.25, -0.2) is 0 Å². The molecule has 1 heterocycles. The normalized spacial score (nSPS) is 13.7. The van der Waals surface area contributed by atoms with Crippen LogP contribution in [0.2, 0.25) is 0 Å². The monoisotopic (exact) mass is 227 g/mol. The van der Waals surface area contributed by atoms with Gasteiger partial charge in [0.15, 0.2) is 0 Å². The minimum atomic E-state index is -0.267. The molecule has 0 aliphatic heterocycles. The van der Waals surface area contributed by atoms with E-state index in [2.05, 4.69) is 15.1 Å². The van der Waals surface area contributed by atoms with E-state index in [1.165, 1.54) is 0 Å². The van der Waals surface area contributed by atoms with Gasteiger partial charge >= 0.3 is 0 Å². The Morgan fingerprint density at radius 1 is 1.31 bits per heavy atom. The van der Waals surface area contributed by atoms with Crippen molar-refractivity contribution in [3.05, 3.63) is 11.8 Å². The molecule has 0 saturated heterocycles. The van der Waals surface area contributed by atoms with E-state index in [0.717, 1.165) is 13.0 Å². The molecular formula is C11H21N3O2. The quantitative estimate of drug-likeness (QED) is 0.795. The van der Waals surface area contributed by atoms with Gasteiger partial charge in [0.2, 0.25) is 11.8 Å². The van der Waals surface area contributed by atoms with Crippen molar-refractivity contribution in [2.75, 3.05) is 13.6 Å². The van der Waals surface area contributed by atoms with Crippen LogP contribution in [-0.4, -0.2) is 39.9 Å². The largest absolute Gasteiger partial charge is 0.424 e. The lowest BCUT2D eigenvalue weighted by Gasteiger charge is -2.14. The second-order valence-electron chi connectivity index (χ2n) is 4.56. The molecule has 0 unspecified atom stereocenters. The van der Waals surface area contributed by atoms with Crippen molar-refractivity contribution < 1.29 is 9.52 Å². The first-order valence-electron chi connectivity index (χ1n) is 5.68. The molecule has 1 aromatic heterocycles. The molecular weight excluding hydrogens is 206 g/mol. The van der Waals surface area contributed by atoms with Gasteiger partial charge in [0.25, 0.3) is 0 Å². The predicted molar refractivity (Wildman–Crippen MR) is 61.0 cm³/mol. The van der Waals surface area contributed by atoms with E-state index in [0.29, 0.717) is 18.3 Å². The molecule has 0 aliphatic carbocycles. The summed E-state index contributed by atoms with van der Waals surface area (Å²) in [6.07, 6.45) is 0.484. The summed E-state index contributed by atoms with van der Waals surface area (Å²) in [5.41, 5.74) is 0. The average Bonchev–Trinajstić information content (AvgIpc) is 2.63. The van der Waals surface area contributed by atoms with E-state index in [1.54, 1.807) is 6.92 Å². The van der Waals surface area contributed by atoms with Crippen LogP contribution in [0, 0.1) is 0 Å². The smallest absolute Gasteiger partial charge is 0.230 e. The van der Waals surface area contributed by atoms with Crippen molar-refractivity contribution in [2.45, 2.75) is 45.8 Å². The SMILES string of the molecule is CC(C)c1nnc(CN(C)CC[C@H](C)O)o1. The van der Waals surface area contributed by atoms with E-state index < -0.39 is 0 Å². The van der Waals surface area contributed by atoms with Crippen LogP contribution in [0.1, 0.15) is 44.9 Å². The molecule has 0 radical (unpaired) electrons. The van der Waals surface area contributed by atoms with Gasteiger partial charge in [-0.2, -0.15) is 0 Å². The topological polar surface area (TPSA) is 62.4 Å². The third kappa shape index (κ3) is 4.28. The Bertz CT molecular complexity index is 310. The van der Waals surface area contributed by atoms with Crippen LogP contribution in [0.25, 0.3) is 0 Å². The molecule has 0 amide bonds. The molecule has 16 heavy (non-hydrogen) atoms. The maximum absolute atomic E-state index is 9.17. The molecule has 1 aromatic rings. The molecule has 0 spiro atoms. The highest BCUT2D eigenvalue weighted by Crippen LogP contribution is 2.12. The summed E-state index contributed by atoms with van der Waals surface area (Å²) in [7, 11) is 1.97. The number of rotatable bonds is 6.